The third kappa shape index (κ3) is 3.43. The predicted molar refractivity (Wildman–Crippen MR) is 83.9 cm³/mol. The first-order chi connectivity index (χ1) is 11.2. The molecule has 0 spiro atoms. The van der Waals surface area contributed by atoms with Gasteiger partial charge in [0.05, 0.1) is 32.1 Å². The van der Waals surface area contributed by atoms with E-state index in [4.69, 9.17) is 14.6 Å². The van der Waals surface area contributed by atoms with Crippen LogP contribution < -0.4 is 9.64 Å². The third-order valence-electron chi connectivity index (χ3n) is 3.91. The van der Waals surface area contributed by atoms with Crippen molar-refractivity contribution in [3.63, 3.8) is 0 Å². The zero-order chi connectivity index (χ0) is 16.2. The van der Waals surface area contributed by atoms with E-state index in [2.05, 4.69) is 4.98 Å². The number of hydrogen-bond acceptors (Lipinski definition) is 5. The maximum absolute atomic E-state index is 14.1. The van der Waals surface area contributed by atoms with Crippen LogP contribution in [-0.4, -0.2) is 36.4 Å². The number of aliphatic hydroxyl groups is 1. The predicted octanol–water partition coefficient (Wildman–Crippen LogP) is 2.13. The number of hydrogen-bond donors (Lipinski definition) is 1. The SMILES string of the molecule is COc1cc(COC2CN(c3cccc(CO)c3F)C2)ccn1. The van der Waals surface area contributed by atoms with Gasteiger partial charge in [-0.25, -0.2) is 9.37 Å². The van der Waals surface area contributed by atoms with Crippen LogP contribution in [-0.2, 0) is 18.0 Å². The van der Waals surface area contributed by atoms with E-state index in [0.29, 0.717) is 36.8 Å². The molecule has 0 unspecified atom stereocenters. The fraction of sp³-hybridized carbons (Fsp3) is 0.353. The van der Waals surface area contributed by atoms with Crippen LogP contribution >= 0.6 is 0 Å². The van der Waals surface area contributed by atoms with Crippen molar-refractivity contribution in [2.75, 3.05) is 25.1 Å². The van der Waals surface area contributed by atoms with E-state index in [0.717, 1.165) is 5.56 Å². The molecule has 0 radical (unpaired) electrons. The first-order valence-corrected chi connectivity index (χ1v) is 7.45. The number of pyridine rings is 1. The summed E-state index contributed by atoms with van der Waals surface area (Å²) >= 11 is 0. The summed E-state index contributed by atoms with van der Waals surface area (Å²) in [6, 6.07) is 8.77. The average Bonchev–Trinajstić information content (AvgIpc) is 2.55. The van der Waals surface area contributed by atoms with E-state index in [9.17, 15) is 4.39 Å². The highest BCUT2D eigenvalue weighted by Gasteiger charge is 2.29. The lowest BCUT2D eigenvalue weighted by atomic mass is 10.1. The van der Waals surface area contributed by atoms with Crippen LogP contribution in [0.1, 0.15) is 11.1 Å². The van der Waals surface area contributed by atoms with E-state index < -0.39 is 0 Å². The van der Waals surface area contributed by atoms with Gasteiger partial charge < -0.3 is 19.5 Å². The third-order valence-corrected chi connectivity index (χ3v) is 3.91. The molecule has 5 nitrogen and oxygen atoms in total. The first-order valence-electron chi connectivity index (χ1n) is 7.45. The second-order valence-corrected chi connectivity index (χ2v) is 5.45. The number of halogens is 1. The van der Waals surface area contributed by atoms with Gasteiger partial charge in [-0.15, -0.1) is 0 Å². The number of anilines is 1. The molecule has 0 amide bonds. The molecule has 0 aliphatic carbocycles. The minimum Gasteiger partial charge on any atom is -0.481 e. The van der Waals surface area contributed by atoms with Gasteiger partial charge in [0.15, 0.2) is 5.82 Å². The summed E-state index contributed by atoms with van der Waals surface area (Å²) in [5.74, 6) is 0.205. The van der Waals surface area contributed by atoms with Gasteiger partial charge in [0.25, 0.3) is 0 Å². The molecule has 23 heavy (non-hydrogen) atoms. The number of rotatable bonds is 6. The van der Waals surface area contributed by atoms with Crippen molar-refractivity contribution >= 4 is 5.69 Å². The highest BCUT2D eigenvalue weighted by molar-refractivity contribution is 5.52. The van der Waals surface area contributed by atoms with Crippen molar-refractivity contribution in [2.24, 2.45) is 0 Å². The minimum absolute atomic E-state index is 0.0614. The van der Waals surface area contributed by atoms with Gasteiger partial charge in [-0.1, -0.05) is 12.1 Å². The van der Waals surface area contributed by atoms with Gasteiger partial charge >= 0.3 is 0 Å². The second kappa shape index (κ2) is 6.93. The lowest BCUT2D eigenvalue weighted by Gasteiger charge is -2.41. The molecule has 3 rings (SSSR count). The van der Waals surface area contributed by atoms with Crippen LogP contribution in [0.2, 0.25) is 0 Å². The number of aliphatic hydroxyl groups excluding tert-OH is 1. The summed E-state index contributed by atoms with van der Waals surface area (Å²) in [5, 5.41) is 9.12. The zero-order valence-corrected chi connectivity index (χ0v) is 12.9. The molecule has 1 N–H and O–H groups in total. The molecule has 1 aliphatic rings. The Hall–Kier alpha value is -2.18. The largest absolute Gasteiger partial charge is 0.481 e. The second-order valence-electron chi connectivity index (χ2n) is 5.45. The Kier molecular flexibility index (Phi) is 4.73. The Balaban J connectivity index is 1.53. The van der Waals surface area contributed by atoms with Gasteiger partial charge in [0.1, 0.15) is 0 Å². The molecule has 6 heteroatoms. The molecule has 1 aromatic carbocycles. The topological polar surface area (TPSA) is 54.8 Å². The van der Waals surface area contributed by atoms with Gasteiger partial charge in [0.2, 0.25) is 5.88 Å². The molecule has 0 atom stereocenters. The maximum Gasteiger partial charge on any atom is 0.213 e. The Morgan fingerprint density at radius 2 is 2.17 bits per heavy atom. The standard InChI is InChI=1S/C17H19FN2O3/c1-22-16-7-12(5-6-19-16)11-23-14-8-20(9-14)15-4-2-3-13(10-21)17(15)18/h2-7,14,21H,8-11H2,1H3. The van der Waals surface area contributed by atoms with Gasteiger partial charge in [-0.2, -0.15) is 0 Å². The number of ether oxygens (including phenoxy) is 2. The summed E-state index contributed by atoms with van der Waals surface area (Å²) < 4.78 is 25.0. The van der Waals surface area contributed by atoms with Crippen LogP contribution in [0.3, 0.4) is 0 Å². The van der Waals surface area contributed by atoms with Gasteiger partial charge in [-0.05, 0) is 17.7 Å². The molecule has 1 aromatic heterocycles. The Morgan fingerprint density at radius 3 is 2.91 bits per heavy atom. The molecular formula is C17H19FN2O3. The van der Waals surface area contributed by atoms with Crippen LogP contribution in [0.5, 0.6) is 5.88 Å². The zero-order valence-electron chi connectivity index (χ0n) is 12.9. The number of nitrogens with zero attached hydrogens (tertiary/aromatic N) is 2. The number of aromatic nitrogens is 1. The highest BCUT2D eigenvalue weighted by atomic mass is 19.1. The number of benzene rings is 1. The van der Waals surface area contributed by atoms with E-state index in [1.54, 1.807) is 31.5 Å². The molecule has 1 aliphatic heterocycles. The molecule has 122 valence electrons. The van der Waals surface area contributed by atoms with Crippen LogP contribution in [0.4, 0.5) is 10.1 Å². The van der Waals surface area contributed by atoms with E-state index >= 15 is 0 Å². The molecule has 0 bridgehead atoms. The molecular weight excluding hydrogens is 299 g/mol. The lowest BCUT2D eigenvalue weighted by Crippen LogP contribution is -2.52. The average molecular weight is 318 g/mol. The van der Waals surface area contributed by atoms with Gasteiger partial charge in [-0.3, -0.25) is 0 Å². The normalized spacial score (nSPS) is 14.7. The summed E-state index contributed by atoms with van der Waals surface area (Å²) in [6.45, 7) is 1.44. The fourth-order valence-corrected chi connectivity index (χ4v) is 2.54. The Bertz CT molecular complexity index is 675. The summed E-state index contributed by atoms with van der Waals surface area (Å²) in [6.07, 6.45) is 1.74. The lowest BCUT2D eigenvalue weighted by molar-refractivity contribution is 0.0220. The van der Waals surface area contributed by atoms with Crippen molar-refractivity contribution in [3.8, 4) is 5.88 Å². The molecule has 1 saturated heterocycles. The quantitative estimate of drug-likeness (QED) is 0.884. The van der Waals surface area contributed by atoms with Crippen LogP contribution in [0.15, 0.2) is 36.5 Å². The van der Waals surface area contributed by atoms with E-state index in [1.165, 1.54) is 0 Å². The van der Waals surface area contributed by atoms with Crippen molar-refractivity contribution in [1.29, 1.82) is 0 Å². The summed E-state index contributed by atoms with van der Waals surface area (Å²) in [7, 11) is 1.58. The van der Waals surface area contributed by atoms with Crippen molar-refractivity contribution < 1.29 is 19.0 Å². The maximum atomic E-state index is 14.1. The first kappa shape index (κ1) is 15.7. The van der Waals surface area contributed by atoms with Crippen molar-refractivity contribution in [1.82, 2.24) is 4.98 Å². The highest BCUT2D eigenvalue weighted by Crippen LogP contribution is 2.28. The molecule has 2 heterocycles. The van der Waals surface area contributed by atoms with Crippen LogP contribution in [0.25, 0.3) is 0 Å². The van der Waals surface area contributed by atoms with E-state index in [-0.39, 0.29) is 18.5 Å². The molecule has 0 saturated carbocycles. The van der Waals surface area contributed by atoms with E-state index in [1.807, 2.05) is 17.0 Å². The fourth-order valence-electron chi connectivity index (χ4n) is 2.54. The molecule has 1 fully saturated rings. The Labute approximate surface area is 134 Å². The molecule has 2 aromatic rings. The van der Waals surface area contributed by atoms with Crippen LogP contribution in [0, 0.1) is 5.82 Å². The summed E-state index contributed by atoms with van der Waals surface area (Å²) in [4.78, 5) is 5.96. The minimum atomic E-state index is -0.354. The monoisotopic (exact) mass is 318 g/mol. The van der Waals surface area contributed by atoms with Crippen molar-refractivity contribution in [3.05, 3.63) is 53.5 Å². The number of methoxy groups -OCH3 is 1. The Morgan fingerprint density at radius 1 is 1.35 bits per heavy atom. The summed E-state index contributed by atoms with van der Waals surface area (Å²) in [5.41, 5.74) is 1.82. The van der Waals surface area contributed by atoms with Crippen molar-refractivity contribution in [2.45, 2.75) is 19.3 Å². The smallest absolute Gasteiger partial charge is 0.213 e. The van der Waals surface area contributed by atoms with Gasteiger partial charge in [0, 0.05) is 30.9 Å².